The number of amides is 2. The van der Waals surface area contributed by atoms with Crippen molar-refractivity contribution in [3.63, 3.8) is 0 Å². The first kappa shape index (κ1) is 19.4. The highest BCUT2D eigenvalue weighted by atomic mass is 35.5. The van der Waals surface area contributed by atoms with Crippen LogP contribution in [0, 0.1) is 0 Å². The highest BCUT2D eigenvalue weighted by Gasteiger charge is 2.21. The average Bonchev–Trinajstić information content (AvgIpc) is 2.59. The fourth-order valence-electron chi connectivity index (χ4n) is 2.15. The molecule has 2 aromatic rings. The van der Waals surface area contributed by atoms with Gasteiger partial charge in [-0.2, -0.15) is 0 Å². The number of aromatic hydroxyl groups is 1. The van der Waals surface area contributed by atoms with Gasteiger partial charge in [0.15, 0.2) is 0 Å². The Labute approximate surface area is 159 Å². The van der Waals surface area contributed by atoms with Crippen LogP contribution in [0.1, 0.15) is 33.2 Å². The minimum absolute atomic E-state index is 0.0628. The molecule has 0 bridgehead atoms. The van der Waals surface area contributed by atoms with E-state index in [1.165, 1.54) is 6.07 Å². The zero-order valence-electron chi connectivity index (χ0n) is 13.2. The van der Waals surface area contributed by atoms with Gasteiger partial charge in [-0.25, -0.2) is 0 Å². The normalized spacial score (nSPS) is 10.4. The quantitative estimate of drug-likeness (QED) is 0.662. The van der Waals surface area contributed by atoms with E-state index in [4.69, 9.17) is 34.8 Å². The lowest BCUT2D eigenvalue weighted by molar-refractivity contribution is 0.0945. The number of nitrogens with one attached hydrogen (secondary N) is 2. The van der Waals surface area contributed by atoms with Gasteiger partial charge in [0.1, 0.15) is 11.3 Å². The SMILES string of the molecule is CCNC(=O)c1cccc(CNC(=O)c2c(O)c(Cl)cc(Cl)c2Cl)c1. The van der Waals surface area contributed by atoms with Crippen LogP contribution in [0.3, 0.4) is 0 Å². The molecular formula is C17H15Cl3N2O3. The number of carbonyl (C=O) groups is 2. The summed E-state index contributed by atoms with van der Waals surface area (Å²) >= 11 is 17.7. The van der Waals surface area contributed by atoms with E-state index in [9.17, 15) is 14.7 Å². The van der Waals surface area contributed by atoms with Crippen molar-refractivity contribution in [2.24, 2.45) is 0 Å². The first-order chi connectivity index (χ1) is 11.8. The summed E-state index contributed by atoms with van der Waals surface area (Å²) in [7, 11) is 0. The van der Waals surface area contributed by atoms with E-state index in [2.05, 4.69) is 10.6 Å². The molecule has 0 radical (unpaired) electrons. The van der Waals surface area contributed by atoms with E-state index >= 15 is 0 Å². The number of hydrogen-bond donors (Lipinski definition) is 3. The van der Waals surface area contributed by atoms with Crippen LogP contribution >= 0.6 is 34.8 Å². The minimum atomic E-state index is -0.629. The van der Waals surface area contributed by atoms with Crippen LogP contribution in [0.5, 0.6) is 5.75 Å². The van der Waals surface area contributed by atoms with E-state index in [-0.39, 0.29) is 33.1 Å². The van der Waals surface area contributed by atoms with Crippen molar-refractivity contribution >= 4 is 46.6 Å². The fraction of sp³-hybridized carbons (Fsp3) is 0.176. The molecule has 0 aliphatic rings. The Morgan fingerprint density at radius 2 is 1.76 bits per heavy atom. The molecular weight excluding hydrogens is 387 g/mol. The van der Waals surface area contributed by atoms with Crippen LogP contribution in [-0.4, -0.2) is 23.5 Å². The molecule has 0 atom stereocenters. The molecule has 132 valence electrons. The minimum Gasteiger partial charge on any atom is -0.505 e. The Kier molecular flexibility index (Phi) is 6.53. The van der Waals surface area contributed by atoms with Crippen molar-refractivity contribution in [1.82, 2.24) is 10.6 Å². The van der Waals surface area contributed by atoms with E-state index in [1.54, 1.807) is 24.3 Å². The molecule has 5 nitrogen and oxygen atoms in total. The molecule has 0 spiro atoms. The van der Waals surface area contributed by atoms with Crippen LogP contribution in [-0.2, 0) is 6.54 Å². The van der Waals surface area contributed by atoms with Gasteiger partial charge in [0.05, 0.1) is 15.1 Å². The van der Waals surface area contributed by atoms with Gasteiger partial charge >= 0.3 is 0 Å². The van der Waals surface area contributed by atoms with Gasteiger partial charge in [-0.15, -0.1) is 0 Å². The smallest absolute Gasteiger partial charge is 0.256 e. The van der Waals surface area contributed by atoms with E-state index < -0.39 is 11.7 Å². The van der Waals surface area contributed by atoms with E-state index in [1.807, 2.05) is 6.92 Å². The van der Waals surface area contributed by atoms with Crippen molar-refractivity contribution in [2.45, 2.75) is 13.5 Å². The Bertz CT molecular complexity index is 799. The Morgan fingerprint density at radius 1 is 1.04 bits per heavy atom. The number of halogens is 3. The van der Waals surface area contributed by atoms with Gasteiger partial charge in [0.2, 0.25) is 0 Å². The van der Waals surface area contributed by atoms with Gasteiger partial charge in [-0.1, -0.05) is 46.9 Å². The van der Waals surface area contributed by atoms with E-state index in [0.29, 0.717) is 17.7 Å². The molecule has 0 heterocycles. The number of phenolic OH excluding ortho intramolecular Hbond substituents is 1. The molecule has 2 rings (SSSR count). The number of benzene rings is 2. The maximum Gasteiger partial charge on any atom is 0.256 e. The van der Waals surface area contributed by atoms with Crippen molar-refractivity contribution in [3.8, 4) is 5.75 Å². The van der Waals surface area contributed by atoms with Crippen LogP contribution in [0.25, 0.3) is 0 Å². The first-order valence-corrected chi connectivity index (χ1v) is 8.50. The predicted molar refractivity (Wildman–Crippen MR) is 98.8 cm³/mol. The number of hydrogen-bond acceptors (Lipinski definition) is 3. The molecule has 0 aliphatic carbocycles. The molecule has 0 saturated heterocycles. The predicted octanol–water partition coefficient (Wildman–Crippen LogP) is 4.03. The lowest BCUT2D eigenvalue weighted by Crippen LogP contribution is -2.25. The largest absolute Gasteiger partial charge is 0.505 e. The van der Waals surface area contributed by atoms with Crippen LogP contribution < -0.4 is 10.6 Å². The second-order valence-corrected chi connectivity index (χ2v) is 6.31. The third-order valence-electron chi connectivity index (χ3n) is 3.35. The Hall–Kier alpha value is -1.95. The molecule has 3 N–H and O–H groups in total. The zero-order valence-corrected chi connectivity index (χ0v) is 15.5. The maximum absolute atomic E-state index is 12.3. The van der Waals surface area contributed by atoms with Crippen molar-refractivity contribution in [2.75, 3.05) is 6.54 Å². The van der Waals surface area contributed by atoms with Gasteiger partial charge in [-0.05, 0) is 30.7 Å². The molecule has 0 saturated carbocycles. The summed E-state index contributed by atoms with van der Waals surface area (Å²) < 4.78 is 0. The number of phenols is 1. The zero-order chi connectivity index (χ0) is 18.6. The monoisotopic (exact) mass is 400 g/mol. The van der Waals surface area contributed by atoms with Crippen LogP contribution in [0.15, 0.2) is 30.3 Å². The van der Waals surface area contributed by atoms with Gasteiger partial charge < -0.3 is 15.7 Å². The van der Waals surface area contributed by atoms with Crippen molar-refractivity contribution < 1.29 is 14.7 Å². The van der Waals surface area contributed by atoms with Crippen molar-refractivity contribution in [3.05, 3.63) is 62.1 Å². The number of rotatable bonds is 5. The highest BCUT2D eigenvalue weighted by Crippen LogP contribution is 2.38. The first-order valence-electron chi connectivity index (χ1n) is 7.37. The second kappa shape index (κ2) is 8.43. The van der Waals surface area contributed by atoms with Gasteiger partial charge in [0, 0.05) is 18.7 Å². The summed E-state index contributed by atoms with van der Waals surface area (Å²) in [6.45, 7) is 2.48. The van der Waals surface area contributed by atoms with Gasteiger partial charge in [-0.3, -0.25) is 9.59 Å². The maximum atomic E-state index is 12.3. The Morgan fingerprint density at radius 3 is 2.44 bits per heavy atom. The summed E-state index contributed by atoms with van der Waals surface area (Å²) in [5.74, 6) is -1.27. The molecule has 0 aliphatic heterocycles. The van der Waals surface area contributed by atoms with Gasteiger partial charge in [0.25, 0.3) is 11.8 Å². The highest BCUT2D eigenvalue weighted by molar-refractivity contribution is 6.45. The van der Waals surface area contributed by atoms with E-state index in [0.717, 1.165) is 0 Å². The summed E-state index contributed by atoms with van der Waals surface area (Å²) in [6.07, 6.45) is 0. The molecule has 2 amide bonds. The topological polar surface area (TPSA) is 78.4 Å². The Balaban J connectivity index is 2.16. The van der Waals surface area contributed by atoms with Crippen LogP contribution in [0.2, 0.25) is 15.1 Å². The standard InChI is InChI=1S/C17H15Cl3N2O3/c1-2-21-16(24)10-5-3-4-9(6-10)8-22-17(25)13-14(20)11(18)7-12(19)15(13)23/h3-7,23H,2,8H2,1H3,(H,21,24)(H,22,25). The summed E-state index contributed by atoms with van der Waals surface area (Å²) in [5, 5.41) is 15.2. The van der Waals surface area contributed by atoms with Crippen LogP contribution in [0.4, 0.5) is 0 Å². The second-order valence-electron chi connectivity index (χ2n) is 5.12. The molecule has 8 heteroatoms. The fourth-order valence-corrected chi connectivity index (χ4v) is 2.84. The molecule has 2 aromatic carbocycles. The summed E-state index contributed by atoms with van der Waals surface area (Å²) in [5.41, 5.74) is 1.00. The lowest BCUT2D eigenvalue weighted by atomic mass is 10.1. The number of carbonyl (C=O) groups excluding carboxylic acids is 2. The third kappa shape index (κ3) is 4.57. The molecule has 0 unspecified atom stereocenters. The lowest BCUT2D eigenvalue weighted by Gasteiger charge is -2.11. The molecule has 0 aromatic heterocycles. The average molecular weight is 402 g/mol. The van der Waals surface area contributed by atoms with Crippen molar-refractivity contribution in [1.29, 1.82) is 0 Å². The molecule has 0 fully saturated rings. The third-order valence-corrected chi connectivity index (χ3v) is 4.43. The summed E-state index contributed by atoms with van der Waals surface area (Å²) in [4.78, 5) is 24.2. The molecule has 25 heavy (non-hydrogen) atoms. The summed E-state index contributed by atoms with van der Waals surface area (Å²) in [6, 6.07) is 8.07.